The van der Waals surface area contributed by atoms with Crippen molar-refractivity contribution in [3.63, 3.8) is 0 Å². The van der Waals surface area contributed by atoms with Crippen LogP contribution in [-0.2, 0) is 5.60 Å². The predicted octanol–water partition coefficient (Wildman–Crippen LogP) is 0.00400. The molecule has 0 fully saturated rings. The van der Waals surface area contributed by atoms with E-state index in [-0.39, 0.29) is 25.1 Å². The number of alkyl halides is 1. The smallest absolute Gasteiger partial charge is 0.320 e. The summed E-state index contributed by atoms with van der Waals surface area (Å²) in [5.41, 5.74) is 0.120. The van der Waals surface area contributed by atoms with Crippen molar-refractivity contribution in [2.24, 2.45) is 0 Å². The van der Waals surface area contributed by atoms with Gasteiger partial charge >= 0.3 is 21.2 Å². The summed E-state index contributed by atoms with van der Waals surface area (Å²) in [4.78, 5) is 0. The standard InChI is InChI=1S/C17H18IO2/c1-17(19)14-9-5-6-10-15(14)20-12-11-16(17)18-13-7-3-2-4-8-13/h2-10,16,19H,11-12H2,1H3/q+1. The molecule has 0 amide bonds. The maximum absolute atomic E-state index is 11.1. The van der Waals surface area contributed by atoms with E-state index in [0.29, 0.717) is 6.61 Å². The lowest BCUT2D eigenvalue weighted by Gasteiger charge is -2.24. The van der Waals surface area contributed by atoms with Crippen molar-refractivity contribution in [1.82, 2.24) is 0 Å². The fourth-order valence-corrected chi connectivity index (χ4v) is 5.74. The van der Waals surface area contributed by atoms with Crippen LogP contribution in [0.2, 0.25) is 0 Å². The highest BCUT2D eigenvalue weighted by Gasteiger charge is 2.46. The molecule has 2 aromatic carbocycles. The maximum Gasteiger partial charge on any atom is 0.320 e. The van der Waals surface area contributed by atoms with E-state index < -0.39 is 5.60 Å². The lowest BCUT2D eigenvalue weighted by molar-refractivity contribution is -0.680. The molecule has 0 aromatic heterocycles. The van der Waals surface area contributed by atoms with Gasteiger partial charge in [-0.3, -0.25) is 0 Å². The van der Waals surface area contributed by atoms with Crippen LogP contribution in [0.5, 0.6) is 5.75 Å². The SMILES string of the molecule is CC1(O)c2ccccc2OCCC1[I+]c1ccccc1. The van der Waals surface area contributed by atoms with Crippen LogP contribution >= 0.6 is 0 Å². The molecule has 1 aliphatic rings. The summed E-state index contributed by atoms with van der Waals surface area (Å²) < 4.78 is 7.45. The third-order valence-corrected chi connectivity index (χ3v) is 7.69. The molecule has 2 nitrogen and oxygen atoms in total. The number of aliphatic hydroxyl groups is 1. The average Bonchev–Trinajstić information content (AvgIpc) is 2.59. The van der Waals surface area contributed by atoms with E-state index in [9.17, 15) is 5.11 Å². The zero-order chi connectivity index (χ0) is 14.0. The zero-order valence-electron chi connectivity index (χ0n) is 11.4. The van der Waals surface area contributed by atoms with Crippen molar-refractivity contribution in [2.45, 2.75) is 22.9 Å². The molecule has 1 aliphatic heterocycles. The molecule has 3 rings (SSSR count). The lowest BCUT2D eigenvalue weighted by Crippen LogP contribution is -3.66. The second-order valence-electron chi connectivity index (χ2n) is 5.15. The predicted molar refractivity (Wildman–Crippen MR) is 75.1 cm³/mol. The highest BCUT2D eigenvalue weighted by Crippen LogP contribution is 2.34. The molecule has 0 saturated heterocycles. The Hall–Kier alpha value is -1.07. The molecule has 0 spiro atoms. The molecule has 2 aromatic rings. The van der Waals surface area contributed by atoms with E-state index in [1.807, 2.05) is 37.3 Å². The number of fused-ring (bicyclic) bond motifs is 1. The Morgan fingerprint density at radius 3 is 2.60 bits per heavy atom. The summed E-state index contributed by atoms with van der Waals surface area (Å²) in [7, 11) is 0. The number of ether oxygens (including phenoxy) is 1. The van der Waals surface area contributed by atoms with Gasteiger partial charge in [-0.1, -0.05) is 36.4 Å². The van der Waals surface area contributed by atoms with Gasteiger partial charge in [0.1, 0.15) is 11.4 Å². The number of rotatable bonds is 2. The summed E-state index contributed by atoms with van der Waals surface area (Å²) >= 11 is -0.258. The summed E-state index contributed by atoms with van der Waals surface area (Å²) in [5.74, 6) is 0.831. The Balaban J connectivity index is 1.93. The van der Waals surface area contributed by atoms with E-state index in [1.165, 1.54) is 3.57 Å². The number of benzene rings is 2. The van der Waals surface area contributed by atoms with Crippen LogP contribution in [0.15, 0.2) is 54.6 Å². The molecule has 3 heteroatoms. The third kappa shape index (κ3) is 2.69. The second kappa shape index (κ2) is 5.74. The highest BCUT2D eigenvalue weighted by molar-refractivity contribution is 5.39. The summed E-state index contributed by atoms with van der Waals surface area (Å²) in [5, 5.41) is 11.1. The lowest BCUT2D eigenvalue weighted by atomic mass is 9.91. The van der Waals surface area contributed by atoms with Gasteiger partial charge in [-0.05, 0) is 25.1 Å². The largest absolute Gasteiger partial charge is 0.493 e. The van der Waals surface area contributed by atoms with Gasteiger partial charge in [0, 0.05) is 12.0 Å². The van der Waals surface area contributed by atoms with Crippen molar-refractivity contribution >= 4 is 0 Å². The molecule has 1 N–H and O–H groups in total. The van der Waals surface area contributed by atoms with Crippen molar-refractivity contribution in [2.75, 3.05) is 6.61 Å². The fraction of sp³-hybridized carbons (Fsp3) is 0.294. The average molecular weight is 381 g/mol. The normalized spacial score (nSPS) is 25.4. The van der Waals surface area contributed by atoms with E-state index in [2.05, 4.69) is 24.3 Å². The summed E-state index contributed by atoms with van der Waals surface area (Å²) in [6.07, 6.45) is 0.907. The Morgan fingerprint density at radius 1 is 1.10 bits per heavy atom. The topological polar surface area (TPSA) is 29.5 Å². The van der Waals surface area contributed by atoms with Crippen molar-refractivity contribution in [3.05, 3.63) is 63.7 Å². The molecule has 0 radical (unpaired) electrons. The van der Waals surface area contributed by atoms with E-state index >= 15 is 0 Å². The maximum atomic E-state index is 11.1. The van der Waals surface area contributed by atoms with E-state index in [0.717, 1.165) is 17.7 Å². The molecule has 2 atom stereocenters. The molecule has 20 heavy (non-hydrogen) atoms. The fourth-order valence-electron chi connectivity index (χ4n) is 2.53. The molecular formula is C17H18IO2+. The van der Waals surface area contributed by atoms with Crippen molar-refractivity contribution in [3.8, 4) is 5.75 Å². The van der Waals surface area contributed by atoms with Gasteiger partial charge in [-0.15, -0.1) is 0 Å². The summed E-state index contributed by atoms with van der Waals surface area (Å²) in [6, 6.07) is 18.4. The van der Waals surface area contributed by atoms with Gasteiger partial charge in [-0.25, -0.2) is 0 Å². The minimum Gasteiger partial charge on any atom is -0.493 e. The molecule has 104 valence electrons. The number of para-hydroxylation sites is 1. The van der Waals surface area contributed by atoms with Crippen LogP contribution in [-0.4, -0.2) is 15.6 Å². The van der Waals surface area contributed by atoms with Crippen LogP contribution in [0.25, 0.3) is 0 Å². The summed E-state index contributed by atoms with van der Waals surface area (Å²) in [6.45, 7) is 2.62. The Bertz CT molecular complexity index is 581. The van der Waals surface area contributed by atoms with E-state index in [1.54, 1.807) is 0 Å². The van der Waals surface area contributed by atoms with Crippen LogP contribution in [0.3, 0.4) is 0 Å². The first-order valence-corrected chi connectivity index (χ1v) is 9.13. The number of hydrogen-bond donors (Lipinski definition) is 1. The number of hydrogen-bond acceptors (Lipinski definition) is 2. The third-order valence-electron chi connectivity index (χ3n) is 3.66. The first-order chi connectivity index (χ1) is 9.68. The van der Waals surface area contributed by atoms with Gasteiger partial charge in [-0.2, -0.15) is 0 Å². The van der Waals surface area contributed by atoms with Crippen LogP contribution in [0, 0.1) is 3.57 Å². The Kier molecular flexibility index (Phi) is 3.98. The van der Waals surface area contributed by atoms with Gasteiger partial charge in [0.25, 0.3) is 0 Å². The van der Waals surface area contributed by atoms with Crippen molar-refractivity contribution in [1.29, 1.82) is 0 Å². The van der Waals surface area contributed by atoms with Gasteiger partial charge in [0.05, 0.1) is 6.61 Å². The van der Waals surface area contributed by atoms with Crippen LogP contribution < -0.4 is 25.9 Å². The first kappa shape index (κ1) is 13.9. The van der Waals surface area contributed by atoms with Gasteiger partial charge in [0.15, 0.2) is 7.49 Å². The number of halogens is 1. The molecule has 0 bridgehead atoms. The van der Waals surface area contributed by atoms with Crippen LogP contribution in [0.1, 0.15) is 18.9 Å². The highest BCUT2D eigenvalue weighted by atomic mass is 127. The minimum atomic E-state index is -0.809. The zero-order valence-corrected chi connectivity index (χ0v) is 13.6. The van der Waals surface area contributed by atoms with Crippen LogP contribution in [0.4, 0.5) is 0 Å². The van der Waals surface area contributed by atoms with Crippen molar-refractivity contribution < 1.29 is 31.0 Å². The van der Waals surface area contributed by atoms with Gasteiger partial charge in [0.2, 0.25) is 0 Å². The van der Waals surface area contributed by atoms with Gasteiger partial charge < -0.3 is 9.84 Å². The molecule has 2 unspecified atom stereocenters. The monoisotopic (exact) mass is 381 g/mol. The molecular weight excluding hydrogens is 363 g/mol. The molecule has 1 heterocycles. The quantitative estimate of drug-likeness (QED) is 0.587. The Morgan fingerprint density at radius 2 is 1.80 bits per heavy atom. The first-order valence-electron chi connectivity index (χ1n) is 6.81. The molecule has 0 saturated carbocycles. The second-order valence-corrected chi connectivity index (χ2v) is 8.53. The molecule has 0 aliphatic carbocycles. The Labute approximate surface area is 130 Å². The van der Waals surface area contributed by atoms with E-state index in [4.69, 9.17) is 4.74 Å². The minimum absolute atomic E-state index is 0.258.